The third-order valence-corrected chi connectivity index (χ3v) is 4.97. The third-order valence-electron chi connectivity index (χ3n) is 3.53. The summed E-state index contributed by atoms with van der Waals surface area (Å²) in [7, 11) is -2.22. The van der Waals surface area contributed by atoms with Gasteiger partial charge in [0.1, 0.15) is 12.3 Å². The van der Waals surface area contributed by atoms with Crippen LogP contribution in [0.1, 0.15) is 5.56 Å². The number of amides is 1. The van der Waals surface area contributed by atoms with Crippen LogP contribution in [0.2, 0.25) is 5.02 Å². The second kappa shape index (κ2) is 7.76. The molecule has 0 saturated carbocycles. The largest absolute Gasteiger partial charge is 0.495 e. The quantitative estimate of drug-likeness (QED) is 0.833. The summed E-state index contributed by atoms with van der Waals surface area (Å²) in [6.45, 7) is 1.49. The van der Waals surface area contributed by atoms with Gasteiger partial charge < -0.3 is 10.1 Å². The summed E-state index contributed by atoms with van der Waals surface area (Å²) >= 11 is 6.06. The van der Waals surface area contributed by atoms with Crippen LogP contribution in [0.4, 0.5) is 11.4 Å². The van der Waals surface area contributed by atoms with Gasteiger partial charge in [0.15, 0.2) is 0 Å². The fourth-order valence-corrected chi connectivity index (χ4v) is 3.34. The van der Waals surface area contributed by atoms with E-state index in [1.54, 1.807) is 18.2 Å². The lowest BCUT2D eigenvalue weighted by molar-refractivity contribution is -0.114. The second-order valence-electron chi connectivity index (χ2n) is 5.45. The first-order valence-electron chi connectivity index (χ1n) is 7.39. The normalized spacial score (nSPS) is 11.0. The van der Waals surface area contributed by atoms with E-state index in [0.29, 0.717) is 11.4 Å². The van der Waals surface area contributed by atoms with Gasteiger partial charge in [-0.15, -0.1) is 0 Å². The molecule has 0 aromatic heterocycles. The zero-order valence-corrected chi connectivity index (χ0v) is 15.7. The molecule has 0 atom stereocenters. The first kappa shape index (κ1) is 19.1. The Morgan fingerprint density at radius 2 is 1.92 bits per heavy atom. The van der Waals surface area contributed by atoms with Crippen LogP contribution in [0.25, 0.3) is 0 Å². The van der Waals surface area contributed by atoms with Crippen molar-refractivity contribution in [3.63, 3.8) is 0 Å². The lowest BCUT2D eigenvalue weighted by Gasteiger charge is -2.22. The van der Waals surface area contributed by atoms with E-state index in [1.165, 1.54) is 19.2 Å². The molecule has 2 aromatic rings. The van der Waals surface area contributed by atoms with Crippen molar-refractivity contribution < 1.29 is 17.9 Å². The Labute approximate surface area is 152 Å². The van der Waals surface area contributed by atoms with Crippen molar-refractivity contribution >= 4 is 38.9 Å². The van der Waals surface area contributed by atoms with Crippen LogP contribution < -0.4 is 14.4 Å². The molecular formula is C17H19ClN2O4S. The Morgan fingerprint density at radius 1 is 1.24 bits per heavy atom. The van der Waals surface area contributed by atoms with Crippen LogP contribution in [0, 0.1) is 6.92 Å². The van der Waals surface area contributed by atoms with Crippen molar-refractivity contribution in [1.82, 2.24) is 0 Å². The van der Waals surface area contributed by atoms with Crippen LogP contribution in [-0.4, -0.2) is 34.2 Å². The van der Waals surface area contributed by atoms with E-state index in [2.05, 4.69) is 5.32 Å². The van der Waals surface area contributed by atoms with E-state index < -0.39 is 15.9 Å². The van der Waals surface area contributed by atoms with Crippen LogP contribution in [0.3, 0.4) is 0 Å². The number of nitrogens with one attached hydrogen (secondary N) is 1. The molecule has 0 unspecified atom stereocenters. The zero-order chi connectivity index (χ0) is 18.6. The first-order chi connectivity index (χ1) is 11.7. The number of methoxy groups -OCH3 is 1. The number of sulfonamides is 1. The molecule has 0 saturated heterocycles. The smallest absolute Gasteiger partial charge is 0.245 e. The number of carbonyl (C=O) groups excluding carboxylic acids is 1. The summed E-state index contributed by atoms with van der Waals surface area (Å²) in [5.74, 6) is -0.0325. The number of hydrogen-bond acceptors (Lipinski definition) is 4. The number of nitrogens with zero attached hydrogens (tertiary/aromatic N) is 1. The fraction of sp³-hybridized carbons (Fsp3) is 0.235. The number of hydrogen-bond donors (Lipinski definition) is 1. The number of anilines is 2. The minimum absolute atomic E-state index is 0.257. The van der Waals surface area contributed by atoms with Gasteiger partial charge in [0.2, 0.25) is 15.9 Å². The number of aryl methyl sites for hydroxylation is 1. The number of carbonyl (C=O) groups is 1. The van der Waals surface area contributed by atoms with Gasteiger partial charge in [0.05, 0.1) is 24.1 Å². The monoisotopic (exact) mass is 382 g/mol. The molecule has 134 valence electrons. The molecule has 0 radical (unpaired) electrons. The molecule has 6 nitrogen and oxygen atoms in total. The maximum Gasteiger partial charge on any atom is 0.245 e. The Morgan fingerprint density at radius 3 is 2.48 bits per heavy atom. The predicted molar refractivity (Wildman–Crippen MR) is 100 cm³/mol. The molecule has 0 fully saturated rings. The average Bonchev–Trinajstić information content (AvgIpc) is 2.53. The van der Waals surface area contributed by atoms with E-state index in [-0.39, 0.29) is 17.3 Å². The van der Waals surface area contributed by atoms with Crippen LogP contribution >= 0.6 is 11.6 Å². The summed E-state index contributed by atoms with van der Waals surface area (Å²) in [5.41, 5.74) is 1.80. The minimum Gasteiger partial charge on any atom is -0.495 e. The van der Waals surface area contributed by atoms with Crippen LogP contribution in [0.5, 0.6) is 5.75 Å². The molecule has 1 N–H and O–H groups in total. The average molecular weight is 383 g/mol. The second-order valence-corrected chi connectivity index (χ2v) is 7.77. The SMILES string of the molecule is COc1ccc(N(CC(=O)Nc2ccccc2C)S(C)(=O)=O)cc1Cl. The van der Waals surface area contributed by atoms with Crippen molar-refractivity contribution in [2.24, 2.45) is 0 Å². The molecule has 0 aliphatic heterocycles. The van der Waals surface area contributed by atoms with Crippen molar-refractivity contribution in [2.45, 2.75) is 6.92 Å². The highest BCUT2D eigenvalue weighted by atomic mass is 35.5. The van der Waals surface area contributed by atoms with E-state index >= 15 is 0 Å². The molecule has 1 amide bonds. The van der Waals surface area contributed by atoms with E-state index in [9.17, 15) is 13.2 Å². The summed E-state index contributed by atoms with van der Waals surface area (Å²) in [6, 6.07) is 11.8. The summed E-state index contributed by atoms with van der Waals surface area (Å²) in [5, 5.41) is 2.97. The number of para-hydroxylation sites is 1. The lowest BCUT2D eigenvalue weighted by atomic mass is 10.2. The molecule has 2 rings (SSSR count). The highest BCUT2D eigenvalue weighted by Gasteiger charge is 2.22. The Balaban J connectivity index is 2.26. The Kier molecular flexibility index (Phi) is 5.92. The number of ether oxygens (including phenoxy) is 1. The molecule has 25 heavy (non-hydrogen) atoms. The van der Waals surface area contributed by atoms with E-state index in [0.717, 1.165) is 16.1 Å². The van der Waals surface area contributed by atoms with Crippen molar-refractivity contribution in [3.05, 3.63) is 53.1 Å². The van der Waals surface area contributed by atoms with Crippen molar-refractivity contribution in [2.75, 3.05) is 29.5 Å². The Bertz CT molecular complexity index is 884. The van der Waals surface area contributed by atoms with Gasteiger partial charge in [-0.3, -0.25) is 9.10 Å². The van der Waals surface area contributed by atoms with Gasteiger partial charge in [0.25, 0.3) is 0 Å². The third kappa shape index (κ3) is 4.87. The molecule has 0 heterocycles. The molecule has 0 aliphatic carbocycles. The molecule has 2 aromatic carbocycles. The maximum atomic E-state index is 12.3. The fourth-order valence-electron chi connectivity index (χ4n) is 2.24. The van der Waals surface area contributed by atoms with Crippen molar-refractivity contribution in [1.29, 1.82) is 0 Å². The van der Waals surface area contributed by atoms with Gasteiger partial charge in [-0.25, -0.2) is 8.42 Å². The highest BCUT2D eigenvalue weighted by Crippen LogP contribution is 2.30. The van der Waals surface area contributed by atoms with E-state index in [4.69, 9.17) is 16.3 Å². The number of rotatable bonds is 6. The summed E-state index contributed by atoms with van der Waals surface area (Å²) in [4.78, 5) is 12.3. The minimum atomic E-state index is -3.68. The number of benzene rings is 2. The highest BCUT2D eigenvalue weighted by molar-refractivity contribution is 7.92. The van der Waals surface area contributed by atoms with Crippen molar-refractivity contribution in [3.8, 4) is 5.75 Å². The maximum absolute atomic E-state index is 12.3. The Hall–Kier alpha value is -2.25. The standard InChI is InChI=1S/C17H19ClN2O4S/c1-12-6-4-5-7-15(12)19-17(21)11-20(25(3,22)23)13-8-9-16(24-2)14(18)10-13/h4-10H,11H2,1-3H3,(H,19,21). The van der Waals surface area contributed by atoms with Crippen LogP contribution in [-0.2, 0) is 14.8 Å². The molecule has 0 bridgehead atoms. The van der Waals surface area contributed by atoms with Crippen LogP contribution in [0.15, 0.2) is 42.5 Å². The van der Waals surface area contributed by atoms with Gasteiger partial charge >= 0.3 is 0 Å². The van der Waals surface area contributed by atoms with E-state index in [1.807, 2.05) is 19.1 Å². The van der Waals surface area contributed by atoms with Gasteiger partial charge in [-0.05, 0) is 36.8 Å². The van der Waals surface area contributed by atoms with Gasteiger partial charge in [-0.2, -0.15) is 0 Å². The molecule has 0 spiro atoms. The lowest BCUT2D eigenvalue weighted by Crippen LogP contribution is -2.37. The molecular weight excluding hydrogens is 364 g/mol. The molecule has 8 heteroatoms. The number of halogens is 1. The predicted octanol–water partition coefficient (Wildman–Crippen LogP) is 3.06. The van der Waals surface area contributed by atoms with Gasteiger partial charge in [0, 0.05) is 5.69 Å². The summed E-state index contributed by atoms with van der Waals surface area (Å²) in [6.07, 6.45) is 1.03. The summed E-state index contributed by atoms with van der Waals surface area (Å²) < 4.78 is 30.3. The topological polar surface area (TPSA) is 75.7 Å². The van der Waals surface area contributed by atoms with Gasteiger partial charge in [-0.1, -0.05) is 29.8 Å². The first-order valence-corrected chi connectivity index (χ1v) is 9.61. The zero-order valence-electron chi connectivity index (χ0n) is 14.1. The molecule has 0 aliphatic rings.